The lowest BCUT2D eigenvalue weighted by atomic mass is 10.4. The minimum atomic E-state index is 0.694. The molecule has 0 spiro atoms. The molecule has 6 heteroatoms. The van der Waals surface area contributed by atoms with E-state index < -0.39 is 0 Å². The van der Waals surface area contributed by atoms with Gasteiger partial charge in [0.2, 0.25) is 0 Å². The number of aliphatic imine (C=N–C) groups is 1. The maximum atomic E-state index is 4.29. The Morgan fingerprint density at radius 1 is 1.47 bits per heavy atom. The van der Waals surface area contributed by atoms with Crippen LogP contribution in [-0.2, 0) is 0 Å². The highest BCUT2D eigenvalue weighted by Crippen LogP contribution is 2.25. The summed E-state index contributed by atoms with van der Waals surface area (Å²) in [4.78, 5) is 17.5. The molecule has 0 radical (unpaired) electrons. The molecule has 5 nitrogen and oxygen atoms in total. The second-order valence-electron chi connectivity index (χ2n) is 3.27. The summed E-state index contributed by atoms with van der Waals surface area (Å²) in [6.07, 6.45) is 5.14. The first kappa shape index (κ1) is 10.3. The fourth-order valence-electron chi connectivity index (χ4n) is 1.18. The van der Waals surface area contributed by atoms with E-state index in [0.717, 1.165) is 14.6 Å². The van der Waals surface area contributed by atoms with Crippen molar-refractivity contribution in [3.8, 4) is 0 Å². The lowest BCUT2D eigenvalue weighted by Gasteiger charge is -2.02. The molecule has 2 heterocycles. The maximum absolute atomic E-state index is 4.29. The lowest BCUT2D eigenvalue weighted by Crippen LogP contribution is -2.07. The number of fused-ring (bicyclic) bond motifs is 1. The van der Waals surface area contributed by atoms with Gasteiger partial charge in [-0.25, -0.2) is 15.0 Å². The summed E-state index contributed by atoms with van der Waals surface area (Å²) in [6.45, 7) is 0. The van der Waals surface area contributed by atoms with Gasteiger partial charge in [-0.1, -0.05) is 0 Å². The smallest absolute Gasteiger partial charge is 0.167 e. The third kappa shape index (κ3) is 2.09. The zero-order chi connectivity index (χ0) is 10.8. The summed E-state index contributed by atoms with van der Waals surface area (Å²) < 4.78 is 1.08. The molecular weight excluding hydrogens is 305 g/mol. The van der Waals surface area contributed by atoms with Gasteiger partial charge in [-0.2, -0.15) is 0 Å². The summed E-state index contributed by atoms with van der Waals surface area (Å²) in [7, 11) is 3.84. The SMILES string of the molecule is CN(C)/C=N/c1ncnc2[nH]cc(I)c12. The van der Waals surface area contributed by atoms with Gasteiger partial charge in [-0.3, -0.25) is 0 Å². The van der Waals surface area contributed by atoms with Gasteiger partial charge in [-0.05, 0) is 22.6 Å². The van der Waals surface area contributed by atoms with Gasteiger partial charge >= 0.3 is 0 Å². The van der Waals surface area contributed by atoms with Gasteiger partial charge in [0.25, 0.3) is 0 Å². The molecule has 0 atom stereocenters. The fraction of sp³-hybridized carbons (Fsp3) is 0.222. The molecule has 0 aliphatic rings. The van der Waals surface area contributed by atoms with Crippen molar-refractivity contribution in [3.63, 3.8) is 0 Å². The Hall–Kier alpha value is -1.18. The Balaban J connectivity index is 2.55. The third-order valence-electron chi connectivity index (χ3n) is 1.81. The molecule has 2 aromatic heterocycles. The molecule has 0 amide bonds. The van der Waals surface area contributed by atoms with E-state index in [-0.39, 0.29) is 0 Å². The second kappa shape index (κ2) is 4.13. The molecule has 1 N–H and O–H groups in total. The molecule has 0 unspecified atom stereocenters. The number of aromatic nitrogens is 3. The topological polar surface area (TPSA) is 57.2 Å². The van der Waals surface area contributed by atoms with Crippen LogP contribution in [0.15, 0.2) is 17.5 Å². The van der Waals surface area contributed by atoms with Crippen LogP contribution >= 0.6 is 22.6 Å². The summed E-state index contributed by atoms with van der Waals surface area (Å²) in [5.41, 5.74) is 0.820. The van der Waals surface area contributed by atoms with E-state index in [4.69, 9.17) is 0 Å². The first-order valence-electron chi connectivity index (χ1n) is 4.36. The number of H-pyrrole nitrogens is 1. The first-order valence-corrected chi connectivity index (χ1v) is 5.44. The molecule has 0 saturated heterocycles. The minimum Gasteiger partial charge on any atom is -0.369 e. The number of halogens is 1. The average molecular weight is 315 g/mol. The Bertz CT molecular complexity index is 502. The van der Waals surface area contributed by atoms with Crippen LogP contribution in [0.1, 0.15) is 0 Å². The number of hydrogen-bond donors (Lipinski definition) is 1. The van der Waals surface area contributed by atoms with Crippen LogP contribution in [0.25, 0.3) is 11.0 Å². The van der Waals surface area contributed by atoms with Gasteiger partial charge in [0.1, 0.15) is 12.0 Å². The Morgan fingerprint density at radius 3 is 3.00 bits per heavy atom. The largest absolute Gasteiger partial charge is 0.369 e. The van der Waals surface area contributed by atoms with Gasteiger partial charge in [-0.15, -0.1) is 0 Å². The minimum absolute atomic E-state index is 0.694. The van der Waals surface area contributed by atoms with Crippen LogP contribution in [0, 0.1) is 3.57 Å². The van der Waals surface area contributed by atoms with Gasteiger partial charge in [0, 0.05) is 23.9 Å². The Kier molecular flexibility index (Phi) is 2.85. The van der Waals surface area contributed by atoms with Crippen LogP contribution in [0.4, 0.5) is 5.82 Å². The lowest BCUT2D eigenvalue weighted by molar-refractivity contribution is 0.643. The molecule has 0 aliphatic heterocycles. The van der Waals surface area contributed by atoms with Crippen molar-refractivity contribution in [1.29, 1.82) is 0 Å². The normalized spacial score (nSPS) is 11.4. The quantitative estimate of drug-likeness (QED) is 0.522. The van der Waals surface area contributed by atoms with Crippen LogP contribution in [0.5, 0.6) is 0 Å². The molecular formula is C9H10IN5. The predicted octanol–water partition coefficient (Wildman–Crippen LogP) is 1.78. The highest BCUT2D eigenvalue weighted by molar-refractivity contribution is 14.1. The molecule has 2 rings (SSSR count). The number of rotatable bonds is 2. The van der Waals surface area contributed by atoms with Gasteiger partial charge in [0.05, 0.1) is 11.7 Å². The van der Waals surface area contributed by atoms with Crippen molar-refractivity contribution >= 4 is 45.8 Å². The number of hydrogen-bond acceptors (Lipinski definition) is 3. The van der Waals surface area contributed by atoms with Gasteiger partial charge in [0.15, 0.2) is 5.82 Å². The first-order chi connectivity index (χ1) is 7.18. The van der Waals surface area contributed by atoms with Crippen molar-refractivity contribution in [2.45, 2.75) is 0 Å². The average Bonchev–Trinajstić information content (AvgIpc) is 2.58. The Labute approximate surface area is 101 Å². The van der Waals surface area contributed by atoms with E-state index >= 15 is 0 Å². The molecule has 0 aliphatic carbocycles. The van der Waals surface area contributed by atoms with Crippen molar-refractivity contribution in [2.75, 3.05) is 14.1 Å². The maximum Gasteiger partial charge on any atom is 0.167 e. The van der Waals surface area contributed by atoms with Crippen LogP contribution in [-0.4, -0.2) is 40.3 Å². The monoisotopic (exact) mass is 315 g/mol. The van der Waals surface area contributed by atoms with Crippen molar-refractivity contribution in [3.05, 3.63) is 16.1 Å². The van der Waals surface area contributed by atoms with Crippen molar-refractivity contribution < 1.29 is 0 Å². The summed E-state index contributed by atoms with van der Waals surface area (Å²) in [5, 5.41) is 0.969. The second-order valence-corrected chi connectivity index (χ2v) is 4.43. The number of nitrogens with zero attached hydrogens (tertiary/aromatic N) is 4. The molecule has 0 saturated carbocycles. The van der Waals surface area contributed by atoms with E-state index in [9.17, 15) is 0 Å². The summed E-state index contributed by atoms with van der Waals surface area (Å²) in [6, 6.07) is 0. The standard InChI is InChI=1S/C9H10IN5/c1-15(2)5-14-9-7-6(10)3-11-8(7)12-4-13-9/h3-5H,1-2H3,(H,11,12,13)/b14-5+. The summed E-state index contributed by atoms with van der Waals surface area (Å²) >= 11 is 2.24. The number of nitrogens with one attached hydrogen (secondary N) is 1. The molecule has 0 bridgehead atoms. The molecule has 2 aromatic rings. The molecule has 78 valence electrons. The highest BCUT2D eigenvalue weighted by atomic mass is 127. The summed E-state index contributed by atoms with van der Waals surface area (Å²) in [5.74, 6) is 0.694. The highest BCUT2D eigenvalue weighted by Gasteiger charge is 2.07. The fourth-order valence-corrected chi connectivity index (χ4v) is 1.83. The zero-order valence-corrected chi connectivity index (χ0v) is 10.6. The van der Waals surface area contributed by atoms with Crippen molar-refractivity contribution in [2.24, 2.45) is 4.99 Å². The van der Waals surface area contributed by atoms with Crippen LogP contribution in [0.2, 0.25) is 0 Å². The van der Waals surface area contributed by atoms with E-state index in [1.807, 2.05) is 25.2 Å². The number of aromatic amines is 1. The van der Waals surface area contributed by atoms with E-state index in [1.165, 1.54) is 6.33 Å². The molecule has 0 aromatic carbocycles. The van der Waals surface area contributed by atoms with E-state index in [0.29, 0.717) is 5.82 Å². The zero-order valence-electron chi connectivity index (χ0n) is 8.40. The predicted molar refractivity (Wildman–Crippen MR) is 68.4 cm³/mol. The van der Waals surface area contributed by atoms with Crippen LogP contribution in [0.3, 0.4) is 0 Å². The van der Waals surface area contributed by atoms with E-state index in [2.05, 4.69) is 42.5 Å². The van der Waals surface area contributed by atoms with Gasteiger partial charge < -0.3 is 9.88 Å². The molecule has 0 fully saturated rings. The van der Waals surface area contributed by atoms with E-state index in [1.54, 1.807) is 6.34 Å². The molecule has 15 heavy (non-hydrogen) atoms. The Morgan fingerprint density at radius 2 is 2.27 bits per heavy atom. The third-order valence-corrected chi connectivity index (χ3v) is 2.66. The van der Waals surface area contributed by atoms with Crippen LogP contribution < -0.4 is 0 Å². The van der Waals surface area contributed by atoms with Crippen molar-refractivity contribution in [1.82, 2.24) is 19.9 Å².